The second-order valence-corrected chi connectivity index (χ2v) is 25.1. The van der Waals surface area contributed by atoms with Crippen LogP contribution in [0.3, 0.4) is 0 Å². The molecule has 2 saturated carbocycles. The van der Waals surface area contributed by atoms with E-state index in [2.05, 4.69) is 40.4 Å². The number of ether oxygens (including phenoxy) is 2. The van der Waals surface area contributed by atoms with Gasteiger partial charge in [-0.2, -0.15) is 9.97 Å². The number of piperazine rings is 2. The number of aryl methyl sites for hydroxylation is 2. The highest BCUT2D eigenvalue weighted by atomic mass is 16.7. The molecular weight excluding hydrogens is 1220 g/mol. The number of nitrogens with zero attached hydrogens (tertiary/aromatic N) is 12. The van der Waals surface area contributed by atoms with Gasteiger partial charge in [-0.1, -0.05) is 49.9 Å². The third-order valence-electron chi connectivity index (χ3n) is 18.9. The maximum Gasteiger partial charge on any atom is 0.263 e. The number of aliphatic hydroxyl groups excluding tert-OH is 1. The number of hydrogen-bond acceptors (Lipinski definition) is 21. The Bertz CT molecular complexity index is 4360. The molecule has 96 heavy (non-hydrogen) atoms. The smallest absolute Gasteiger partial charge is 0.263 e. The van der Waals surface area contributed by atoms with E-state index in [1.54, 1.807) is 101 Å². The van der Waals surface area contributed by atoms with Crippen molar-refractivity contribution in [2.24, 2.45) is 0 Å². The van der Waals surface area contributed by atoms with E-state index in [-0.39, 0.29) is 82.2 Å². The van der Waals surface area contributed by atoms with Crippen LogP contribution >= 0.6 is 0 Å². The van der Waals surface area contributed by atoms with E-state index in [1.807, 2.05) is 29.2 Å². The summed E-state index contributed by atoms with van der Waals surface area (Å²) in [6.45, 7) is 11.2. The van der Waals surface area contributed by atoms with Crippen molar-refractivity contribution in [1.82, 2.24) is 48.8 Å². The maximum absolute atomic E-state index is 13.5. The molecular formula is C71H78N14O11. The Hall–Kier alpha value is -9.98. The van der Waals surface area contributed by atoms with Crippen molar-refractivity contribution in [3.63, 3.8) is 0 Å². The monoisotopic (exact) mass is 1300 g/mol. The van der Waals surface area contributed by atoms with Crippen molar-refractivity contribution < 1.29 is 43.3 Å². The molecule has 3 saturated heterocycles. The van der Waals surface area contributed by atoms with Gasteiger partial charge in [0.2, 0.25) is 11.9 Å². The zero-order chi connectivity index (χ0) is 67.1. The molecule has 9 heterocycles. The summed E-state index contributed by atoms with van der Waals surface area (Å²) in [7, 11) is 0. The van der Waals surface area contributed by atoms with Gasteiger partial charge < -0.3 is 44.8 Å². The summed E-state index contributed by atoms with van der Waals surface area (Å²) in [5.74, 6) is 0.521. The van der Waals surface area contributed by atoms with Gasteiger partial charge in [-0.15, -0.1) is 0 Å². The minimum absolute atomic E-state index is 0.00179. The van der Waals surface area contributed by atoms with Crippen LogP contribution in [0.2, 0.25) is 0 Å². The number of fused-ring (bicyclic) bond motifs is 2. The molecule has 6 aromatic heterocycles. The molecule has 25 heteroatoms. The molecule has 13 rings (SSSR count). The average molecular weight is 1300 g/mol. The summed E-state index contributed by atoms with van der Waals surface area (Å²) in [4.78, 5) is 138. The van der Waals surface area contributed by atoms with Crippen LogP contribution in [0.1, 0.15) is 170 Å². The molecule has 3 aliphatic heterocycles. The Balaban J connectivity index is 0.000000185. The molecule has 2 aromatic carbocycles. The van der Waals surface area contributed by atoms with E-state index in [9.17, 15) is 38.4 Å². The summed E-state index contributed by atoms with van der Waals surface area (Å²) >= 11 is 0. The molecule has 498 valence electrons. The summed E-state index contributed by atoms with van der Waals surface area (Å²) in [6, 6.07) is 20.7. The molecule has 5 aliphatic rings. The van der Waals surface area contributed by atoms with Crippen molar-refractivity contribution in [3.8, 4) is 0 Å². The number of hydrogen-bond donors (Lipinski definition) is 3. The molecule has 25 nitrogen and oxygen atoms in total. The number of anilines is 6. The summed E-state index contributed by atoms with van der Waals surface area (Å²) in [5.41, 5.74) is 5.84. The second kappa shape index (κ2) is 29.3. The molecule has 0 radical (unpaired) electrons. The van der Waals surface area contributed by atoms with Gasteiger partial charge in [0.25, 0.3) is 22.9 Å². The highest BCUT2D eigenvalue weighted by molar-refractivity contribution is 6.02. The van der Waals surface area contributed by atoms with E-state index < -0.39 is 6.61 Å². The van der Waals surface area contributed by atoms with Gasteiger partial charge in [0.05, 0.1) is 34.9 Å². The highest BCUT2D eigenvalue weighted by Gasteiger charge is 2.30. The molecule has 0 bridgehead atoms. The molecule has 2 aliphatic carbocycles. The SMILES string of the molecule is CC(=O)c1c(C)c2cnc(Nc3ccc(N4CCN(C(=O)c5ccc(C(=O)CO)cc5)CC4)cn3)nc2n(C2CCCC2)c1=O.CC(=O)c1c(C)c2cnc(Nc3ccc(N4CCN(C(=O)c5ccc(C(=O)COC6CCCCO6)cc5)CC4)cn3)nc2n(C2CCCC2)c1=O. The van der Waals surface area contributed by atoms with Crippen molar-refractivity contribution in [1.29, 1.82) is 0 Å². The number of carbonyl (C=O) groups excluding carboxylic acids is 6. The van der Waals surface area contributed by atoms with E-state index >= 15 is 0 Å². The van der Waals surface area contributed by atoms with Gasteiger partial charge in [0.15, 0.2) is 29.4 Å². The van der Waals surface area contributed by atoms with Crippen molar-refractivity contribution in [3.05, 3.63) is 163 Å². The first-order valence-electron chi connectivity index (χ1n) is 33.0. The molecule has 0 spiro atoms. The van der Waals surface area contributed by atoms with Crippen LogP contribution in [0.5, 0.6) is 0 Å². The van der Waals surface area contributed by atoms with Gasteiger partial charge in [-0.05, 0) is 132 Å². The number of aromatic nitrogens is 8. The Morgan fingerprint density at radius 3 is 1.29 bits per heavy atom. The summed E-state index contributed by atoms with van der Waals surface area (Å²) < 4.78 is 14.5. The van der Waals surface area contributed by atoms with Crippen LogP contribution in [0.4, 0.5) is 34.9 Å². The number of ketones is 4. The molecule has 3 N–H and O–H groups in total. The van der Waals surface area contributed by atoms with E-state index in [1.165, 1.54) is 13.8 Å². The number of aliphatic hydroxyl groups is 1. The molecule has 1 unspecified atom stereocenters. The predicted molar refractivity (Wildman–Crippen MR) is 362 cm³/mol. The van der Waals surface area contributed by atoms with Gasteiger partial charge in [0.1, 0.15) is 36.1 Å². The lowest BCUT2D eigenvalue weighted by molar-refractivity contribution is -0.155. The third kappa shape index (κ3) is 14.3. The van der Waals surface area contributed by atoms with E-state index in [4.69, 9.17) is 24.5 Å². The molecule has 8 aromatic rings. The first-order chi connectivity index (χ1) is 46.5. The maximum atomic E-state index is 13.5. The van der Waals surface area contributed by atoms with Gasteiger partial charge in [-0.25, -0.2) is 19.9 Å². The van der Waals surface area contributed by atoms with Crippen molar-refractivity contribution >= 4 is 91.9 Å². The largest absolute Gasteiger partial charge is 0.388 e. The van der Waals surface area contributed by atoms with Gasteiger partial charge in [-0.3, -0.25) is 47.5 Å². The molecule has 1 atom stereocenters. The minimum atomic E-state index is -0.564. The Morgan fingerprint density at radius 2 is 0.917 bits per heavy atom. The third-order valence-corrected chi connectivity index (χ3v) is 18.9. The molecule has 5 fully saturated rings. The lowest BCUT2D eigenvalue weighted by atomic mass is 10.0. The zero-order valence-electron chi connectivity index (χ0n) is 54.4. The quantitative estimate of drug-likeness (QED) is 0.0675. The van der Waals surface area contributed by atoms with Gasteiger partial charge in [0, 0.05) is 116 Å². The van der Waals surface area contributed by atoms with Crippen LogP contribution in [0.25, 0.3) is 22.1 Å². The predicted octanol–water partition coefficient (Wildman–Crippen LogP) is 8.94. The number of pyridine rings is 4. The van der Waals surface area contributed by atoms with Crippen LogP contribution in [0.15, 0.2) is 107 Å². The number of amides is 2. The van der Waals surface area contributed by atoms with Crippen LogP contribution in [-0.4, -0.2) is 167 Å². The Kier molecular flexibility index (Phi) is 20.2. The number of benzene rings is 2. The summed E-state index contributed by atoms with van der Waals surface area (Å²) in [5, 5.41) is 16.7. The first-order valence-corrected chi connectivity index (χ1v) is 33.0. The molecule has 2 amide bonds. The Labute approximate surface area is 553 Å². The number of Topliss-reactive ketones (excluding diaryl/α,β-unsaturated/α-hetero) is 4. The Morgan fingerprint density at radius 1 is 0.510 bits per heavy atom. The van der Waals surface area contributed by atoms with Crippen molar-refractivity contribution in [2.75, 3.05) is 92.6 Å². The normalized spacial score (nSPS) is 16.9. The van der Waals surface area contributed by atoms with E-state index in [0.717, 1.165) is 82.0 Å². The highest BCUT2D eigenvalue weighted by Crippen LogP contribution is 2.34. The standard InChI is InChI=1S/C38H43N7O6.C33H35N7O5/c1-24-30-22-40-38(42-35(30)45(28-7-3-4-8-28)37(49)34(24)25(2)46)41-32-15-14-29(21-39-32)43-16-18-44(19-17-43)36(48)27-12-10-26(11-13-27)31(47)23-51-33-9-5-6-20-50-33;1-20-26-18-35-33(37-30(26)40(24-5-3-4-6-24)32(45)29(20)21(2)42)36-28-12-11-25(17-34-28)38-13-15-39(16-14-38)31(44)23-9-7-22(8-10-23)27(43)19-41/h10-15,21-22,28,33H,3-9,16-20,23H2,1-2H3,(H,39,40,41,42);7-12,17-18,24,41H,3-6,13-16,19H2,1-2H3,(H,34,35,36,37). The zero-order valence-corrected chi connectivity index (χ0v) is 54.4. The van der Waals surface area contributed by atoms with Crippen molar-refractivity contribution in [2.45, 2.75) is 117 Å². The fraction of sp³-hybridized carbons (Fsp3) is 0.408. The van der Waals surface area contributed by atoms with E-state index in [0.29, 0.717) is 138 Å². The number of carbonyl (C=O) groups is 6. The van der Waals surface area contributed by atoms with Crippen LogP contribution in [-0.2, 0) is 9.47 Å². The number of rotatable bonds is 18. The number of nitrogens with one attached hydrogen (secondary N) is 2. The first kappa shape index (κ1) is 66.1. The topological polar surface area (TPSA) is 299 Å². The lowest BCUT2D eigenvalue weighted by Crippen LogP contribution is -2.48. The minimum Gasteiger partial charge on any atom is -0.388 e. The summed E-state index contributed by atoms with van der Waals surface area (Å²) in [6.07, 6.45) is 17.0. The van der Waals surface area contributed by atoms with Crippen LogP contribution < -0.4 is 31.6 Å². The fourth-order valence-electron chi connectivity index (χ4n) is 13.6. The van der Waals surface area contributed by atoms with Gasteiger partial charge >= 0.3 is 0 Å². The van der Waals surface area contributed by atoms with Crippen LogP contribution in [0, 0.1) is 13.8 Å². The fourth-order valence-corrected chi connectivity index (χ4v) is 13.6. The average Bonchev–Trinajstić information content (AvgIpc) is 1.19. The lowest BCUT2D eigenvalue weighted by Gasteiger charge is -2.36. The second-order valence-electron chi connectivity index (χ2n) is 25.1.